The summed E-state index contributed by atoms with van der Waals surface area (Å²) in [5.74, 6) is -3.29. The molecule has 7 atom stereocenters. The van der Waals surface area contributed by atoms with E-state index in [-0.39, 0.29) is 100 Å². The molecule has 0 spiro atoms. The standard InChI is InChI=1S/C36H41FN6O2.C33H38ClFN6O2.C33H38F2N6O2/c1-25(36(37,29-13-4-2-5-14-29)30-15-6-3-7-16-30)43-22-20-31(42-32(34(43)45)17-10-21-40-35(38)39)24-41-33(44)28-19-18-26-11-8-9-12-27(26)23-28;2*34-28-13-7-14-29(35)26(28)16-17-31(42)39-21-25-18-20-41(32(43)30(40-25)15-8-19-38-33(36)37)22-27(23-9-3-1-4-10-23)24-11-5-2-6-12-24/h2-9,11-16,18-19,23,25,31-32,42H,10,17,20-22,24H2,1H3,(H,41,44)(H4,38,39,40);2*1-7,9-14,16-17,25,27,30,40H,8,15,18-22H2,(H,39,42)(H4,36,37,38)/b;2*17-16+/t25-,31+,32+;2*25-,30-/m100/s1. The summed E-state index contributed by atoms with van der Waals surface area (Å²) in [6.07, 6.45) is 9.83. The van der Waals surface area contributed by atoms with Gasteiger partial charge in [0.05, 0.1) is 29.2 Å². The van der Waals surface area contributed by atoms with Gasteiger partial charge >= 0.3 is 0 Å². The normalized spacial score (nSPS) is 17.4. The maximum absolute atomic E-state index is 17.6. The van der Waals surface area contributed by atoms with Gasteiger partial charge in [-0.3, -0.25) is 43.7 Å². The summed E-state index contributed by atoms with van der Waals surface area (Å²) in [5, 5.41) is 21.3. The van der Waals surface area contributed by atoms with Gasteiger partial charge in [0.1, 0.15) is 17.5 Å². The van der Waals surface area contributed by atoms with E-state index in [1.54, 1.807) is 42.2 Å². The number of carbonyl (C=O) groups is 6. The van der Waals surface area contributed by atoms with E-state index < -0.39 is 53.2 Å². The number of halogens is 5. The second-order valence-corrected chi connectivity index (χ2v) is 33.0. The van der Waals surface area contributed by atoms with E-state index in [1.165, 1.54) is 30.4 Å². The number of nitrogens with zero attached hydrogens (tertiary/aromatic N) is 6. The summed E-state index contributed by atoms with van der Waals surface area (Å²) in [4.78, 5) is 97.9. The van der Waals surface area contributed by atoms with Crippen LogP contribution in [0.1, 0.15) is 131 Å². The van der Waals surface area contributed by atoms with Gasteiger partial charge in [0.15, 0.2) is 23.5 Å². The average Bonchev–Trinajstić information content (AvgIpc) is 1.70. The lowest BCUT2D eigenvalue weighted by Gasteiger charge is -2.40. The number of amides is 6. The van der Waals surface area contributed by atoms with Crippen molar-refractivity contribution in [3.05, 3.63) is 346 Å². The van der Waals surface area contributed by atoms with Gasteiger partial charge in [0, 0.05) is 131 Å². The zero-order chi connectivity index (χ0) is 93.0. The molecule has 29 heteroatoms. The summed E-state index contributed by atoms with van der Waals surface area (Å²) in [6.45, 7) is 6.12. The van der Waals surface area contributed by atoms with E-state index in [1.807, 2.05) is 161 Å². The zero-order valence-electron chi connectivity index (χ0n) is 73.5. The number of hydrogen-bond acceptors (Lipinski definition) is 12. The van der Waals surface area contributed by atoms with Gasteiger partial charge in [-0.15, -0.1) is 0 Å². The van der Waals surface area contributed by atoms with Crippen molar-refractivity contribution < 1.29 is 46.3 Å². The van der Waals surface area contributed by atoms with Crippen molar-refractivity contribution in [2.24, 2.45) is 49.4 Å². The molecular weight excluding hydrogens is 1680 g/mol. The topological polar surface area (TPSA) is 378 Å². The summed E-state index contributed by atoms with van der Waals surface area (Å²) >= 11 is 6.07. The maximum Gasteiger partial charge on any atom is 0.251 e. The van der Waals surface area contributed by atoms with Crippen LogP contribution >= 0.6 is 11.6 Å². The predicted octanol–water partition coefficient (Wildman–Crippen LogP) is 12.1. The molecule has 0 aliphatic carbocycles. The lowest BCUT2D eigenvalue weighted by molar-refractivity contribution is -0.138. The second-order valence-electron chi connectivity index (χ2n) is 32.6. The average molecular weight is 1800 g/mol. The molecule has 3 fully saturated rings. The molecule has 0 aromatic heterocycles. The first kappa shape index (κ1) is 98.1. The largest absolute Gasteiger partial charge is 0.370 e. The van der Waals surface area contributed by atoms with Crippen LogP contribution in [0.15, 0.2) is 288 Å². The van der Waals surface area contributed by atoms with Crippen molar-refractivity contribution in [3.8, 4) is 0 Å². The Hall–Kier alpha value is -13.5. The Balaban J connectivity index is 0.000000190. The van der Waals surface area contributed by atoms with Crippen LogP contribution in [0.5, 0.6) is 0 Å². The summed E-state index contributed by atoms with van der Waals surface area (Å²) in [7, 11) is 0. The van der Waals surface area contributed by atoms with Crippen LogP contribution in [0.3, 0.4) is 0 Å². The first-order chi connectivity index (χ1) is 63.4. The molecule has 0 unspecified atom stereocenters. The number of nitrogens with two attached hydrogens (primary N) is 6. The van der Waals surface area contributed by atoms with E-state index in [9.17, 15) is 41.9 Å². The SMILES string of the molecule is C[C@@H](N1CC[C@@H](CNC(=O)c2ccc3ccccc3c2)N[C@@H](CCCN=C(N)N)C1=O)C(F)(c1ccccc1)c1ccccc1.NC(N)=NCCC[C@@H]1N[C@H](CNC(=O)/C=C/c2c(F)cccc2Cl)CCN(CC(c2ccccc2)c2ccccc2)C1=O.NC(N)=NCCC[C@@H]1N[C@H](CNC(=O)/C=C/c2c(F)cccc2F)CCN(CC(c2ccccc2)c2ccccc2)C1=O. The number of aliphatic imine (C=N–C) groups is 3. The van der Waals surface area contributed by atoms with Gasteiger partial charge in [-0.2, -0.15) is 0 Å². The number of rotatable bonds is 35. The maximum atomic E-state index is 17.6. The molecule has 13 rings (SSSR count). The van der Waals surface area contributed by atoms with Gasteiger partial charge < -0.3 is 81.0 Å². The van der Waals surface area contributed by atoms with Gasteiger partial charge in [-0.1, -0.05) is 236 Å². The summed E-state index contributed by atoms with van der Waals surface area (Å²) in [6, 6.07) is 77.0. The van der Waals surface area contributed by atoms with Crippen LogP contribution in [0, 0.1) is 17.5 Å². The van der Waals surface area contributed by atoms with Crippen LogP contribution in [-0.4, -0.2) is 182 Å². The minimum atomic E-state index is -1.95. The highest BCUT2D eigenvalue weighted by Crippen LogP contribution is 2.41. The number of carbonyl (C=O) groups excluding carboxylic acids is 6. The highest BCUT2D eigenvalue weighted by atomic mass is 35.5. The summed E-state index contributed by atoms with van der Waals surface area (Å²) in [5.41, 5.74) is 36.9. The van der Waals surface area contributed by atoms with Crippen LogP contribution in [0.2, 0.25) is 5.02 Å². The Morgan fingerprint density at radius 2 is 0.794 bits per heavy atom. The van der Waals surface area contributed by atoms with Crippen molar-refractivity contribution in [1.82, 2.24) is 46.6 Å². The summed E-state index contributed by atoms with van der Waals surface area (Å²) < 4.78 is 59.5. The molecule has 10 aromatic carbocycles. The second kappa shape index (κ2) is 49.9. The van der Waals surface area contributed by atoms with Crippen molar-refractivity contribution in [3.63, 3.8) is 0 Å². The highest BCUT2D eigenvalue weighted by molar-refractivity contribution is 6.32. The minimum Gasteiger partial charge on any atom is -0.370 e. The Morgan fingerprint density at radius 3 is 1.20 bits per heavy atom. The molecule has 0 saturated carbocycles. The number of alkyl halides is 1. The Morgan fingerprint density at radius 1 is 0.443 bits per heavy atom. The molecule has 24 nitrogen and oxygen atoms in total. The van der Waals surface area contributed by atoms with Gasteiger partial charge in [-0.05, 0) is 157 Å². The molecule has 10 aromatic rings. The predicted molar refractivity (Wildman–Crippen MR) is 512 cm³/mol. The number of fused-ring (bicyclic) bond motifs is 1. The van der Waals surface area contributed by atoms with Crippen molar-refractivity contribution in [2.75, 3.05) is 72.0 Å². The van der Waals surface area contributed by atoms with E-state index in [0.717, 1.165) is 57.3 Å². The molecule has 18 N–H and O–H groups in total. The molecule has 3 aliphatic rings. The first-order valence-electron chi connectivity index (χ1n) is 44.3. The van der Waals surface area contributed by atoms with Gasteiger partial charge in [0.2, 0.25) is 29.5 Å². The third-order valence-electron chi connectivity index (χ3n) is 23.6. The fourth-order valence-electron chi connectivity index (χ4n) is 16.7. The number of guanidine groups is 3. The van der Waals surface area contributed by atoms with Gasteiger partial charge in [-0.25, -0.2) is 17.6 Å². The first-order valence-corrected chi connectivity index (χ1v) is 44.7. The molecule has 3 heterocycles. The molecule has 3 aliphatic heterocycles. The minimum absolute atomic E-state index is 0.000217. The van der Waals surface area contributed by atoms with Crippen LogP contribution in [0.4, 0.5) is 17.6 Å². The van der Waals surface area contributed by atoms with Crippen LogP contribution in [0.25, 0.3) is 22.9 Å². The van der Waals surface area contributed by atoms with Crippen LogP contribution < -0.4 is 66.3 Å². The van der Waals surface area contributed by atoms with Crippen molar-refractivity contribution in [2.45, 2.75) is 125 Å². The Bertz CT molecular complexity index is 5150. The van der Waals surface area contributed by atoms with Crippen LogP contribution in [-0.2, 0) is 29.6 Å². The number of nitrogens with one attached hydrogen (secondary N) is 6. The Kier molecular flexibility index (Phi) is 37.3. The number of hydrogen-bond donors (Lipinski definition) is 12. The van der Waals surface area contributed by atoms with E-state index in [2.05, 4.69) is 95.4 Å². The quantitative estimate of drug-likeness (QED) is 0.00577. The number of benzene rings is 10. The highest BCUT2D eigenvalue weighted by Gasteiger charge is 2.47. The lowest BCUT2D eigenvalue weighted by Crippen LogP contribution is -2.54. The van der Waals surface area contributed by atoms with Crippen molar-refractivity contribution >= 4 is 87.8 Å². The lowest BCUT2D eigenvalue weighted by atomic mass is 9.81. The third-order valence-corrected chi connectivity index (χ3v) is 23.9. The molecular formula is C102H117ClF4N18O6. The fraction of sp³-hybridized carbons (Fsp3) is 0.304. The molecule has 0 radical (unpaired) electrons. The fourth-order valence-corrected chi connectivity index (χ4v) is 16.9. The monoisotopic (exact) mass is 1800 g/mol. The third kappa shape index (κ3) is 29.0. The van der Waals surface area contributed by atoms with E-state index in [0.29, 0.717) is 140 Å². The Labute approximate surface area is 767 Å². The van der Waals surface area contributed by atoms with E-state index >= 15 is 4.39 Å². The van der Waals surface area contributed by atoms with Gasteiger partial charge in [0.25, 0.3) is 5.91 Å². The molecule has 131 heavy (non-hydrogen) atoms. The zero-order valence-corrected chi connectivity index (χ0v) is 74.2. The van der Waals surface area contributed by atoms with E-state index in [4.69, 9.17) is 46.0 Å². The molecule has 3 saturated heterocycles. The molecule has 686 valence electrons. The molecule has 6 amide bonds. The molecule has 0 bridgehead atoms. The smallest absolute Gasteiger partial charge is 0.251 e. The van der Waals surface area contributed by atoms with Crippen molar-refractivity contribution in [1.29, 1.82) is 0 Å².